The molecule has 3 rings (SSSR count). The maximum Gasteiger partial charge on any atom is 0.131 e. The highest BCUT2D eigenvalue weighted by Gasteiger charge is 2.36. The third-order valence-corrected chi connectivity index (χ3v) is 5.10. The highest BCUT2D eigenvalue weighted by Crippen LogP contribution is 2.24. The number of fused-ring (bicyclic) bond motifs is 1. The predicted octanol–water partition coefficient (Wildman–Crippen LogP) is 1.01. The molecule has 0 N–H and O–H groups in total. The van der Waals surface area contributed by atoms with E-state index >= 15 is 0 Å². The molecule has 106 valence electrons. The standard InChI is InChI=1S/C13H22N4OS/c1-3-12-14-15-13(19-12)9-17-6-7-18-11-4-5-16(2)8-10(11)17/h10-11H,3-9H2,1-2H3. The summed E-state index contributed by atoms with van der Waals surface area (Å²) in [6, 6.07) is 0.515. The second-order valence-corrected chi connectivity index (χ2v) is 6.59. The van der Waals surface area contributed by atoms with Crippen LogP contribution in [0.4, 0.5) is 0 Å². The van der Waals surface area contributed by atoms with Crippen molar-refractivity contribution in [3.8, 4) is 0 Å². The lowest BCUT2D eigenvalue weighted by Crippen LogP contribution is -2.58. The van der Waals surface area contributed by atoms with Gasteiger partial charge >= 0.3 is 0 Å². The minimum atomic E-state index is 0.406. The molecule has 0 amide bonds. The third kappa shape index (κ3) is 2.97. The first kappa shape index (κ1) is 13.4. The van der Waals surface area contributed by atoms with Gasteiger partial charge in [0.05, 0.1) is 19.3 Å². The van der Waals surface area contributed by atoms with E-state index in [4.69, 9.17) is 4.74 Å². The zero-order chi connectivity index (χ0) is 13.2. The van der Waals surface area contributed by atoms with Gasteiger partial charge in [-0.1, -0.05) is 6.92 Å². The number of hydrogen-bond donors (Lipinski definition) is 0. The quantitative estimate of drug-likeness (QED) is 0.827. The van der Waals surface area contributed by atoms with Gasteiger partial charge in [0.1, 0.15) is 10.0 Å². The number of aromatic nitrogens is 2. The molecule has 2 aliphatic heterocycles. The Morgan fingerprint density at radius 2 is 2.16 bits per heavy atom. The second-order valence-electron chi connectivity index (χ2n) is 5.44. The van der Waals surface area contributed by atoms with Crippen LogP contribution < -0.4 is 0 Å². The van der Waals surface area contributed by atoms with Crippen LogP contribution in [-0.2, 0) is 17.7 Å². The number of piperidine rings is 1. The van der Waals surface area contributed by atoms with Crippen molar-refractivity contribution in [2.24, 2.45) is 0 Å². The Kier molecular flexibility index (Phi) is 4.12. The Balaban J connectivity index is 1.68. The number of hydrogen-bond acceptors (Lipinski definition) is 6. The summed E-state index contributed by atoms with van der Waals surface area (Å²) in [4.78, 5) is 4.93. The monoisotopic (exact) mass is 282 g/mol. The van der Waals surface area contributed by atoms with Gasteiger partial charge in [-0.05, 0) is 19.9 Å². The number of ether oxygens (including phenoxy) is 1. The fourth-order valence-corrected chi connectivity index (χ4v) is 3.78. The first-order valence-corrected chi connectivity index (χ1v) is 7.93. The molecule has 3 heterocycles. The Morgan fingerprint density at radius 1 is 1.32 bits per heavy atom. The summed E-state index contributed by atoms with van der Waals surface area (Å²) in [5.41, 5.74) is 0. The number of morpholine rings is 1. The summed E-state index contributed by atoms with van der Waals surface area (Å²) < 4.78 is 5.92. The average molecular weight is 282 g/mol. The summed E-state index contributed by atoms with van der Waals surface area (Å²) in [5, 5.41) is 10.8. The molecule has 0 aromatic carbocycles. The van der Waals surface area contributed by atoms with Crippen molar-refractivity contribution >= 4 is 11.3 Å². The summed E-state index contributed by atoms with van der Waals surface area (Å²) in [6.07, 6.45) is 2.53. The Morgan fingerprint density at radius 3 is 2.95 bits per heavy atom. The van der Waals surface area contributed by atoms with Crippen molar-refractivity contribution in [1.82, 2.24) is 20.0 Å². The SMILES string of the molecule is CCc1nnc(CN2CCOC3CCN(C)CC32)s1. The maximum atomic E-state index is 5.92. The molecule has 2 unspecified atom stereocenters. The van der Waals surface area contributed by atoms with Crippen LogP contribution in [0.25, 0.3) is 0 Å². The molecule has 1 aromatic rings. The predicted molar refractivity (Wildman–Crippen MR) is 75.3 cm³/mol. The molecule has 2 fully saturated rings. The summed E-state index contributed by atoms with van der Waals surface area (Å²) >= 11 is 1.75. The van der Waals surface area contributed by atoms with Crippen molar-refractivity contribution in [2.45, 2.75) is 38.5 Å². The van der Waals surface area contributed by atoms with Gasteiger partial charge in [-0.25, -0.2) is 0 Å². The molecule has 6 heteroatoms. The van der Waals surface area contributed by atoms with Crippen molar-refractivity contribution in [3.05, 3.63) is 10.0 Å². The van der Waals surface area contributed by atoms with E-state index in [-0.39, 0.29) is 0 Å². The molecular weight excluding hydrogens is 260 g/mol. The van der Waals surface area contributed by atoms with Crippen LogP contribution in [0, 0.1) is 0 Å². The fraction of sp³-hybridized carbons (Fsp3) is 0.846. The van der Waals surface area contributed by atoms with Crippen LogP contribution in [0.3, 0.4) is 0 Å². The molecular formula is C13H22N4OS. The Labute approximate surface area is 118 Å². The normalized spacial score (nSPS) is 29.4. The molecule has 0 radical (unpaired) electrons. The number of aryl methyl sites for hydroxylation is 1. The number of rotatable bonds is 3. The van der Waals surface area contributed by atoms with Crippen LogP contribution in [0.5, 0.6) is 0 Å². The highest BCUT2D eigenvalue weighted by molar-refractivity contribution is 7.11. The smallest absolute Gasteiger partial charge is 0.131 e. The van der Waals surface area contributed by atoms with Crippen molar-refractivity contribution < 1.29 is 4.74 Å². The maximum absolute atomic E-state index is 5.92. The molecule has 0 aliphatic carbocycles. The lowest BCUT2D eigenvalue weighted by atomic mass is 9.99. The van der Waals surface area contributed by atoms with E-state index in [2.05, 4.69) is 34.0 Å². The fourth-order valence-electron chi connectivity index (χ4n) is 2.97. The summed E-state index contributed by atoms with van der Waals surface area (Å²) in [7, 11) is 2.20. The van der Waals surface area contributed by atoms with Crippen LogP contribution in [0.2, 0.25) is 0 Å². The largest absolute Gasteiger partial charge is 0.375 e. The van der Waals surface area contributed by atoms with Gasteiger partial charge in [-0.2, -0.15) is 0 Å². The molecule has 0 saturated carbocycles. The molecule has 5 nitrogen and oxygen atoms in total. The summed E-state index contributed by atoms with van der Waals surface area (Å²) in [6.45, 7) is 7.17. The van der Waals surface area contributed by atoms with Gasteiger partial charge in [0.25, 0.3) is 0 Å². The topological polar surface area (TPSA) is 41.5 Å². The zero-order valence-corrected chi connectivity index (χ0v) is 12.5. The van der Waals surface area contributed by atoms with E-state index in [1.54, 1.807) is 11.3 Å². The van der Waals surface area contributed by atoms with E-state index in [0.717, 1.165) is 55.6 Å². The van der Waals surface area contributed by atoms with E-state index in [1.165, 1.54) is 0 Å². The molecule has 0 bridgehead atoms. The van der Waals surface area contributed by atoms with E-state index in [1.807, 2.05) is 0 Å². The van der Waals surface area contributed by atoms with Gasteiger partial charge in [-0.3, -0.25) is 4.90 Å². The molecule has 2 saturated heterocycles. The summed E-state index contributed by atoms with van der Waals surface area (Å²) in [5.74, 6) is 0. The third-order valence-electron chi connectivity index (χ3n) is 4.05. The first-order chi connectivity index (χ1) is 9.26. The molecule has 2 aliphatic rings. The van der Waals surface area contributed by atoms with Crippen LogP contribution in [0.1, 0.15) is 23.4 Å². The molecule has 2 atom stereocenters. The zero-order valence-electron chi connectivity index (χ0n) is 11.7. The van der Waals surface area contributed by atoms with Gasteiger partial charge in [0.15, 0.2) is 0 Å². The van der Waals surface area contributed by atoms with Gasteiger partial charge in [0.2, 0.25) is 0 Å². The molecule has 19 heavy (non-hydrogen) atoms. The Hall–Kier alpha value is -0.560. The molecule has 0 spiro atoms. The minimum absolute atomic E-state index is 0.406. The van der Waals surface area contributed by atoms with Crippen LogP contribution >= 0.6 is 11.3 Å². The van der Waals surface area contributed by atoms with Crippen LogP contribution in [0.15, 0.2) is 0 Å². The number of likely N-dealkylation sites (tertiary alicyclic amines) is 1. The second kappa shape index (κ2) is 5.83. The Bertz CT molecular complexity index is 425. The van der Waals surface area contributed by atoms with Gasteiger partial charge in [0, 0.05) is 25.7 Å². The molecule has 1 aromatic heterocycles. The number of likely N-dealkylation sites (N-methyl/N-ethyl adjacent to an activating group) is 1. The number of nitrogens with zero attached hydrogens (tertiary/aromatic N) is 4. The van der Waals surface area contributed by atoms with Crippen molar-refractivity contribution in [1.29, 1.82) is 0 Å². The lowest BCUT2D eigenvalue weighted by molar-refractivity contribution is -0.103. The van der Waals surface area contributed by atoms with E-state index in [0.29, 0.717) is 12.1 Å². The first-order valence-electron chi connectivity index (χ1n) is 7.11. The van der Waals surface area contributed by atoms with Gasteiger partial charge < -0.3 is 9.64 Å². The average Bonchev–Trinajstić information content (AvgIpc) is 2.87. The van der Waals surface area contributed by atoms with Crippen LogP contribution in [-0.4, -0.2) is 65.4 Å². The van der Waals surface area contributed by atoms with Crippen molar-refractivity contribution in [3.63, 3.8) is 0 Å². The minimum Gasteiger partial charge on any atom is -0.375 e. The van der Waals surface area contributed by atoms with Gasteiger partial charge in [-0.15, -0.1) is 21.5 Å². The van der Waals surface area contributed by atoms with E-state index < -0.39 is 0 Å². The van der Waals surface area contributed by atoms with E-state index in [9.17, 15) is 0 Å². The lowest BCUT2D eigenvalue weighted by Gasteiger charge is -2.46. The highest BCUT2D eigenvalue weighted by atomic mass is 32.1. The van der Waals surface area contributed by atoms with Crippen molar-refractivity contribution in [2.75, 3.05) is 33.3 Å².